The maximum atomic E-state index is 4.88. The summed E-state index contributed by atoms with van der Waals surface area (Å²) in [5, 5.41) is 0. The molecule has 0 radical (unpaired) electrons. The Bertz CT molecular complexity index is 111. The molecule has 0 aromatic carbocycles. The fourth-order valence-corrected chi connectivity index (χ4v) is 5.56. The molecule has 0 fully saturated rings. The van der Waals surface area contributed by atoms with Crippen LogP contribution >= 0.6 is 15.8 Å². The summed E-state index contributed by atoms with van der Waals surface area (Å²) in [7, 11) is 0.679. The SMILES string of the molecule is CCP(CC)CC[S-].CCP(CC)CC[S-].[Au+].[Au+]. The fourth-order valence-electron chi connectivity index (χ4n) is 1.34. The van der Waals surface area contributed by atoms with Crippen molar-refractivity contribution in [2.75, 3.05) is 48.5 Å². The second-order valence-corrected chi connectivity index (χ2v) is 10.4. The van der Waals surface area contributed by atoms with Gasteiger partial charge in [0.15, 0.2) is 0 Å². The van der Waals surface area contributed by atoms with Crippen molar-refractivity contribution in [3.63, 3.8) is 0 Å². The molecule has 0 aliphatic carbocycles. The van der Waals surface area contributed by atoms with Crippen molar-refractivity contribution in [1.29, 1.82) is 0 Å². The van der Waals surface area contributed by atoms with Gasteiger partial charge in [-0.1, -0.05) is 40.0 Å². The van der Waals surface area contributed by atoms with Crippen LogP contribution in [0.15, 0.2) is 0 Å². The van der Waals surface area contributed by atoms with Crippen molar-refractivity contribution in [3.05, 3.63) is 0 Å². The summed E-state index contributed by atoms with van der Waals surface area (Å²) in [5.41, 5.74) is 0. The van der Waals surface area contributed by atoms with Gasteiger partial charge in [-0.3, -0.25) is 0 Å². The molecular weight excluding hydrogens is 664 g/mol. The van der Waals surface area contributed by atoms with Gasteiger partial charge in [-0.15, -0.1) is 15.8 Å². The van der Waals surface area contributed by atoms with Gasteiger partial charge in [-0.05, 0) is 24.6 Å². The molecule has 0 spiro atoms. The average Bonchev–Trinajstić information content (AvgIpc) is 2.33. The molecule has 0 saturated carbocycles. The Morgan fingerprint density at radius 2 is 0.833 bits per heavy atom. The molecule has 0 N–H and O–H groups in total. The van der Waals surface area contributed by atoms with E-state index in [9.17, 15) is 0 Å². The Hall–Kier alpha value is 3.04. The topological polar surface area (TPSA) is 0 Å². The molecule has 0 amide bonds. The predicted molar refractivity (Wildman–Crippen MR) is 90.2 cm³/mol. The van der Waals surface area contributed by atoms with Crippen LogP contribution in [0.3, 0.4) is 0 Å². The van der Waals surface area contributed by atoms with Crippen LogP contribution in [0.5, 0.6) is 0 Å². The van der Waals surface area contributed by atoms with E-state index >= 15 is 0 Å². The van der Waals surface area contributed by atoms with Gasteiger partial charge >= 0.3 is 44.8 Å². The van der Waals surface area contributed by atoms with E-state index in [0.717, 1.165) is 11.5 Å². The number of hydrogen-bond acceptors (Lipinski definition) is 2. The molecule has 0 saturated heterocycles. The molecule has 0 bridgehead atoms. The molecule has 0 heterocycles. The molecule has 0 rings (SSSR count). The Morgan fingerprint density at radius 1 is 0.611 bits per heavy atom. The molecule has 120 valence electrons. The molecule has 0 aliphatic rings. The first-order chi connectivity index (χ1) is 7.69. The predicted octanol–water partition coefficient (Wildman–Crippen LogP) is 4.11. The van der Waals surface area contributed by atoms with Crippen LogP contribution in [0.4, 0.5) is 0 Å². The van der Waals surface area contributed by atoms with Gasteiger partial charge in [0.05, 0.1) is 0 Å². The van der Waals surface area contributed by atoms with E-state index in [1.165, 1.54) is 37.0 Å². The van der Waals surface area contributed by atoms with Crippen LogP contribution < -0.4 is 0 Å². The maximum Gasteiger partial charge on any atom is 1.00 e. The minimum Gasteiger partial charge on any atom is -0.792 e. The van der Waals surface area contributed by atoms with Crippen molar-refractivity contribution >= 4 is 41.1 Å². The third-order valence-corrected chi connectivity index (χ3v) is 8.91. The molecule has 0 aromatic heterocycles. The number of rotatable bonds is 8. The van der Waals surface area contributed by atoms with E-state index in [4.69, 9.17) is 25.3 Å². The van der Waals surface area contributed by atoms with Crippen LogP contribution in [0.1, 0.15) is 27.7 Å². The Balaban J connectivity index is -0.0000000980. The first-order valence-electron chi connectivity index (χ1n) is 6.30. The monoisotopic (exact) mass is 692 g/mol. The zero-order chi connectivity index (χ0) is 12.8. The van der Waals surface area contributed by atoms with Crippen LogP contribution in [0.25, 0.3) is 0 Å². The molecule has 0 nitrogen and oxygen atoms in total. The second-order valence-electron chi connectivity index (χ2n) is 3.46. The quantitative estimate of drug-likeness (QED) is 0.214. The summed E-state index contributed by atoms with van der Waals surface area (Å²) in [4.78, 5) is 0. The summed E-state index contributed by atoms with van der Waals surface area (Å²) in [6, 6.07) is 0. The first-order valence-corrected chi connectivity index (χ1v) is 11.3. The summed E-state index contributed by atoms with van der Waals surface area (Å²) in [6.45, 7) is 9.06. The van der Waals surface area contributed by atoms with Crippen molar-refractivity contribution in [2.24, 2.45) is 0 Å². The van der Waals surface area contributed by atoms with Crippen molar-refractivity contribution < 1.29 is 44.8 Å². The minimum atomic E-state index is 0. The molecule has 18 heavy (non-hydrogen) atoms. The standard InChI is InChI=1S/2C6H15PS.2Au/c2*1-3-7(4-2)5-6-8;;/h2*8H,3-6H2,1-2H3;;/q;;2*+1/p-2. The second kappa shape index (κ2) is 25.0. The molecule has 0 unspecified atom stereocenters. The van der Waals surface area contributed by atoms with Gasteiger partial charge in [-0.2, -0.15) is 11.5 Å². The van der Waals surface area contributed by atoms with Crippen LogP contribution in [0, 0.1) is 0 Å². The largest absolute Gasteiger partial charge is 1.00 e. The van der Waals surface area contributed by atoms with Crippen molar-refractivity contribution in [3.8, 4) is 0 Å². The van der Waals surface area contributed by atoms with E-state index in [2.05, 4.69) is 27.7 Å². The van der Waals surface area contributed by atoms with E-state index in [1.807, 2.05) is 0 Å². The molecule has 0 atom stereocenters. The van der Waals surface area contributed by atoms with Gasteiger partial charge in [-0.25, -0.2) is 0 Å². The minimum absolute atomic E-state index is 0. The van der Waals surface area contributed by atoms with Crippen molar-refractivity contribution in [2.45, 2.75) is 27.7 Å². The van der Waals surface area contributed by atoms with Gasteiger partial charge in [0.25, 0.3) is 0 Å². The molecular formula is C12H28Au2P2S2. The Kier molecular flexibility index (Phi) is 40.5. The van der Waals surface area contributed by atoms with Crippen LogP contribution in [0.2, 0.25) is 0 Å². The number of hydrogen-bond donors (Lipinski definition) is 0. The normalized spacial score (nSPS) is 9.33. The zero-order valence-electron chi connectivity index (χ0n) is 12.0. The summed E-state index contributed by atoms with van der Waals surface area (Å²) in [5.74, 6) is 1.93. The Labute approximate surface area is 160 Å². The maximum absolute atomic E-state index is 4.88. The smallest absolute Gasteiger partial charge is 0.792 e. The fraction of sp³-hybridized carbons (Fsp3) is 1.00. The summed E-state index contributed by atoms with van der Waals surface area (Å²) < 4.78 is 0. The third kappa shape index (κ3) is 21.3. The first kappa shape index (κ1) is 29.1. The van der Waals surface area contributed by atoms with Gasteiger partial charge in [0, 0.05) is 0 Å². The van der Waals surface area contributed by atoms with E-state index in [-0.39, 0.29) is 44.8 Å². The van der Waals surface area contributed by atoms with E-state index < -0.39 is 0 Å². The van der Waals surface area contributed by atoms with Crippen LogP contribution in [-0.4, -0.2) is 48.5 Å². The van der Waals surface area contributed by atoms with Gasteiger partial charge in [0.2, 0.25) is 0 Å². The molecule has 0 aromatic rings. The Morgan fingerprint density at radius 3 is 0.889 bits per heavy atom. The summed E-state index contributed by atoms with van der Waals surface area (Å²) in [6.07, 6.45) is 8.06. The van der Waals surface area contributed by atoms with Gasteiger partial charge < -0.3 is 25.3 Å². The third-order valence-electron chi connectivity index (χ3n) is 2.60. The molecule has 6 heteroatoms. The van der Waals surface area contributed by atoms with Crippen molar-refractivity contribution in [1.82, 2.24) is 0 Å². The van der Waals surface area contributed by atoms with Crippen LogP contribution in [-0.2, 0) is 70.0 Å². The van der Waals surface area contributed by atoms with Gasteiger partial charge in [0.1, 0.15) is 0 Å². The summed E-state index contributed by atoms with van der Waals surface area (Å²) >= 11 is 9.75. The average molecular weight is 692 g/mol. The zero-order valence-corrected chi connectivity index (χ0v) is 19.7. The van der Waals surface area contributed by atoms with E-state index in [1.54, 1.807) is 0 Å². The molecule has 0 aliphatic heterocycles. The van der Waals surface area contributed by atoms with E-state index in [0.29, 0.717) is 15.8 Å².